The van der Waals surface area contributed by atoms with Crippen molar-refractivity contribution in [2.24, 2.45) is 0 Å². The Labute approximate surface area is 200 Å². The van der Waals surface area contributed by atoms with Crippen LogP contribution in [0.25, 0.3) is 0 Å². The zero-order chi connectivity index (χ0) is 26.2. The molecule has 1 amide bonds. The average molecular weight is 513 g/mol. The van der Waals surface area contributed by atoms with E-state index in [9.17, 15) is 45.6 Å². The quantitative estimate of drug-likeness (QED) is 0.161. The molecule has 0 spiro atoms. The summed E-state index contributed by atoms with van der Waals surface area (Å²) >= 11 is 0. The van der Waals surface area contributed by atoms with Gasteiger partial charge in [-0.3, -0.25) is 4.79 Å². The second kappa shape index (κ2) is 11.6. The van der Waals surface area contributed by atoms with Gasteiger partial charge in [-0.05, 0) is 13.8 Å². The van der Waals surface area contributed by atoms with Crippen LogP contribution in [0.1, 0.15) is 20.8 Å². The Morgan fingerprint density at radius 2 is 1.29 bits per heavy atom. The normalized spacial score (nSPS) is 51.1. The van der Waals surface area contributed by atoms with Gasteiger partial charge in [0.2, 0.25) is 5.91 Å². The van der Waals surface area contributed by atoms with Gasteiger partial charge in [-0.25, -0.2) is 0 Å². The lowest BCUT2D eigenvalue weighted by Gasteiger charge is -2.48. The number of hydrogen-bond acceptors (Lipinski definition) is 14. The number of amides is 1. The van der Waals surface area contributed by atoms with E-state index < -0.39 is 105 Å². The molecule has 0 aromatic heterocycles. The minimum absolute atomic E-state index is 0.598. The molecule has 3 aliphatic rings. The highest BCUT2D eigenvalue weighted by Crippen LogP contribution is 2.32. The van der Waals surface area contributed by atoms with Gasteiger partial charge in [0.15, 0.2) is 18.9 Å². The smallest absolute Gasteiger partial charge is 0.217 e. The molecule has 35 heavy (non-hydrogen) atoms. The molecule has 9 N–H and O–H groups in total. The van der Waals surface area contributed by atoms with Gasteiger partial charge in [0.05, 0.1) is 18.8 Å². The van der Waals surface area contributed by atoms with E-state index in [1.165, 1.54) is 13.8 Å². The van der Waals surface area contributed by atoms with Gasteiger partial charge in [0.25, 0.3) is 0 Å². The second-order valence-electron chi connectivity index (χ2n) is 9.04. The Morgan fingerprint density at radius 1 is 0.743 bits per heavy atom. The SMILES string of the molecule is CC(=O)N[C@H]1[C@@H](O[C@@H]2[C@H](O)[C@@H](O[C@H]3[C@H](O)[C@@H](C)OC(O)[C@H]3O)O[C@H](C)[C@H]2O)O[C@H](CO)[C@@H](O)[C@@H]1O. The van der Waals surface area contributed by atoms with Gasteiger partial charge in [0.1, 0.15) is 61.0 Å². The van der Waals surface area contributed by atoms with E-state index in [0.29, 0.717) is 0 Å². The van der Waals surface area contributed by atoms with Crippen molar-refractivity contribution in [2.75, 3.05) is 6.61 Å². The van der Waals surface area contributed by atoms with Crippen LogP contribution in [0.3, 0.4) is 0 Å². The lowest BCUT2D eigenvalue weighted by atomic mass is 9.95. The lowest BCUT2D eigenvalue weighted by Crippen LogP contribution is -2.68. The van der Waals surface area contributed by atoms with Gasteiger partial charge < -0.3 is 69.9 Å². The monoisotopic (exact) mass is 513 g/mol. The van der Waals surface area contributed by atoms with Gasteiger partial charge in [0, 0.05) is 6.92 Å². The number of carbonyl (C=O) groups is 1. The molecule has 3 rings (SSSR count). The summed E-state index contributed by atoms with van der Waals surface area (Å²) < 4.78 is 27.3. The van der Waals surface area contributed by atoms with Crippen LogP contribution in [0.5, 0.6) is 0 Å². The standard InChI is InChI=1S/C20H35NO14/c1-5-10(24)16(14(28)18(30)31-5)35-20-15(29)17(11(25)6(2)32-20)34-19-9(21-7(3)23)13(27)12(26)8(4-22)33-19/h5-6,8-20,22,24-30H,4H2,1-3H3,(H,21,23)/t5-,6-,8-,9-,10-,11-,12-,13-,14+,15+,16+,17+,18?,19-,20-/m1/s1. The molecule has 15 nitrogen and oxygen atoms in total. The van der Waals surface area contributed by atoms with Crippen LogP contribution in [0.15, 0.2) is 0 Å². The van der Waals surface area contributed by atoms with E-state index in [4.69, 9.17) is 23.7 Å². The molecule has 0 saturated carbocycles. The van der Waals surface area contributed by atoms with Crippen molar-refractivity contribution in [1.82, 2.24) is 5.32 Å². The Balaban J connectivity index is 1.80. The Bertz CT molecular complexity index is 701. The second-order valence-corrected chi connectivity index (χ2v) is 9.04. The molecule has 15 atom stereocenters. The van der Waals surface area contributed by atoms with Crippen molar-refractivity contribution in [3.8, 4) is 0 Å². The molecular weight excluding hydrogens is 478 g/mol. The van der Waals surface area contributed by atoms with E-state index in [1.807, 2.05) is 0 Å². The highest BCUT2D eigenvalue weighted by molar-refractivity contribution is 5.73. The topological polar surface area (TPSA) is 237 Å². The summed E-state index contributed by atoms with van der Waals surface area (Å²) in [5.41, 5.74) is 0. The highest BCUT2D eigenvalue weighted by Gasteiger charge is 2.52. The van der Waals surface area contributed by atoms with Gasteiger partial charge in [-0.1, -0.05) is 0 Å². The molecule has 15 heteroatoms. The number of carbonyl (C=O) groups excluding carboxylic acids is 1. The first-order valence-electron chi connectivity index (χ1n) is 11.3. The Kier molecular flexibility index (Phi) is 9.42. The van der Waals surface area contributed by atoms with Crippen LogP contribution in [0.2, 0.25) is 0 Å². The van der Waals surface area contributed by atoms with Crippen molar-refractivity contribution in [3.05, 3.63) is 0 Å². The zero-order valence-corrected chi connectivity index (χ0v) is 19.4. The van der Waals surface area contributed by atoms with Crippen molar-refractivity contribution in [1.29, 1.82) is 0 Å². The van der Waals surface area contributed by atoms with Crippen LogP contribution in [-0.2, 0) is 28.5 Å². The summed E-state index contributed by atoms with van der Waals surface area (Å²) in [5.74, 6) is -0.598. The molecule has 0 bridgehead atoms. The van der Waals surface area contributed by atoms with Crippen LogP contribution in [-0.4, -0.2) is 145 Å². The van der Waals surface area contributed by atoms with E-state index in [-0.39, 0.29) is 0 Å². The summed E-state index contributed by atoms with van der Waals surface area (Å²) in [7, 11) is 0. The van der Waals surface area contributed by atoms with Gasteiger partial charge >= 0.3 is 0 Å². The van der Waals surface area contributed by atoms with E-state index in [0.717, 1.165) is 6.92 Å². The minimum Gasteiger partial charge on any atom is -0.394 e. The first kappa shape index (κ1) is 28.5. The third kappa shape index (κ3) is 5.93. The van der Waals surface area contributed by atoms with Crippen LogP contribution < -0.4 is 5.32 Å². The predicted molar refractivity (Wildman–Crippen MR) is 110 cm³/mol. The number of nitrogens with one attached hydrogen (secondary N) is 1. The molecule has 0 aliphatic carbocycles. The lowest BCUT2D eigenvalue weighted by molar-refractivity contribution is -0.368. The third-order valence-electron chi connectivity index (χ3n) is 6.42. The number of rotatable bonds is 6. The number of ether oxygens (including phenoxy) is 5. The van der Waals surface area contributed by atoms with E-state index in [2.05, 4.69) is 5.32 Å². The van der Waals surface area contributed by atoms with Crippen molar-refractivity contribution < 1.29 is 69.3 Å². The molecule has 0 aromatic carbocycles. The van der Waals surface area contributed by atoms with E-state index >= 15 is 0 Å². The molecule has 3 aliphatic heterocycles. The molecule has 204 valence electrons. The third-order valence-corrected chi connectivity index (χ3v) is 6.42. The fourth-order valence-electron chi connectivity index (χ4n) is 4.34. The predicted octanol–water partition coefficient (Wildman–Crippen LogP) is -5.37. The maximum absolute atomic E-state index is 11.6. The van der Waals surface area contributed by atoms with Crippen molar-refractivity contribution in [3.63, 3.8) is 0 Å². The molecule has 0 aromatic rings. The number of hydrogen-bond donors (Lipinski definition) is 9. The fourth-order valence-corrected chi connectivity index (χ4v) is 4.34. The fraction of sp³-hybridized carbons (Fsp3) is 0.950. The van der Waals surface area contributed by atoms with Crippen LogP contribution >= 0.6 is 0 Å². The van der Waals surface area contributed by atoms with Crippen LogP contribution in [0, 0.1) is 0 Å². The molecule has 3 fully saturated rings. The molecule has 3 heterocycles. The molecule has 3 saturated heterocycles. The van der Waals surface area contributed by atoms with Crippen molar-refractivity contribution in [2.45, 2.75) is 113 Å². The van der Waals surface area contributed by atoms with Crippen molar-refractivity contribution >= 4 is 5.91 Å². The summed E-state index contributed by atoms with van der Waals surface area (Å²) in [6.45, 7) is 3.32. The maximum Gasteiger partial charge on any atom is 0.217 e. The summed E-state index contributed by atoms with van der Waals surface area (Å²) in [5, 5.41) is 84.4. The first-order chi connectivity index (χ1) is 16.4. The largest absolute Gasteiger partial charge is 0.394 e. The highest BCUT2D eigenvalue weighted by atomic mass is 16.7. The molecule has 0 radical (unpaired) electrons. The summed E-state index contributed by atoms with van der Waals surface area (Å²) in [6.07, 6.45) is -20.5. The summed E-state index contributed by atoms with van der Waals surface area (Å²) in [4.78, 5) is 11.6. The molecule has 1 unspecified atom stereocenters. The van der Waals surface area contributed by atoms with E-state index in [1.54, 1.807) is 0 Å². The first-order valence-corrected chi connectivity index (χ1v) is 11.3. The Morgan fingerprint density at radius 3 is 1.86 bits per heavy atom. The number of aliphatic hydroxyl groups is 8. The zero-order valence-electron chi connectivity index (χ0n) is 19.4. The maximum atomic E-state index is 11.6. The van der Waals surface area contributed by atoms with Crippen LogP contribution in [0.4, 0.5) is 0 Å². The average Bonchev–Trinajstić information content (AvgIpc) is 2.80. The van der Waals surface area contributed by atoms with Gasteiger partial charge in [-0.15, -0.1) is 0 Å². The Hall–Kier alpha value is -1.05. The summed E-state index contributed by atoms with van der Waals surface area (Å²) in [6, 6.07) is -1.34. The molecular formula is C20H35NO14. The number of aliphatic hydroxyl groups excluding tert-OH is 8. The van der Waals surface area contributed by atoms with Gasteiger partial charge in [-0.2, -0.15) is 0 Å². The minimum atomic E-state index is -1.76.